The summed E-state index contributed by atoms with van der Waals surface area (Å²) in [5.74, 6) is 0.466. The molecule has 6 nitrogen and oxygen atoms in total. The molecule has 1 heterocycles. The van der Waals surface area contributed by atoms with Crippen molar-refractivity contribution in [1.82, 2.24) is 4.90 Å². The van der Waals surface area contributed by atoms with Gasteiger partial charge in [-0.05, 0) is 54.4 Å². The Kier molecular flexibility index (Phi) is 9.04. The summed E-state index contributed by atoms with van der Waals surface area (Å²) < 4.78 is 17.7. The van der Waals surface area contributed by atoms with Gasteiger partial charge in [-0.1, -0.05) is 69.1 Å². The molecule has 0 unspecified atom stereocenters. The van der Waals surface area contributed by atoms with E-state index in [1.165, 1.54) is 0 Å². The quantitative estimate of drug-likeness (QED) is 0.279. The fourth-order valence-electron chi connectivity index (χ4n) is 6.76. The minimum Gasteiger partial charge on any atom is -0.490 e. The maximum atomic E-state index is 14.1. The van der Waals surface area contributed by atoms with Gasteiger partial charge in [0.05, 0.1) is 18.2 Å². The minimum absolute atomic E-state index is 0.0657. The third-order valence-electron chi connectivity index (χ3n) is 8.54. The van der Waals surface area contributed by atoms with Crippen LogP contribution in [0, 0.1) is 10.8 Å². The topological polar surface area (TPSA) is 65.1 Å². The first-order valence-electron chi connectivity index (χ1n) is 15.0. The summed E-state index contributed by atoms with van der Waals surface area (Å²) in [5, 5.41) is 0.955. The smallest absolute Gasteiger partial charge is 0.180 e. The lowest BCUT2D eigenvalue weighted by Gasteiger charge is -2.49. The van der Waals surface area contributed by atoms with Crippen molar-refractivity contribution >= 4 is 34.8 Å². The molecule has 0 bridgehead atoms. The molecule has 5 rings (SSSR count). The number of ether oxygens (including phenoxy) is 3. The second-order valence-electron chi connectivity index (χ2n) is 13.3. The van der Waals surface area contributed by atoms with E-state index >= 15 is 0 Å². The van der Waals surface area contributed by atoms with Gasteiger partial charge in [-0.2, -0.15) is 0 Å². The van der Waals surface area contributed by atoms with Crippen LogP contribution in [0.5, 0.6) is 11.5 Å². The molecule has 0 saturated carbocycles. The Labute approximate surface area is 265 Å². The summed E-state index contributed by atoms with van der Waals surface area (Å²) in [7, 11) is 1.68. The third kappa shape index (κ3) is 6.38. The predicted octanol–water partition coefficient (Wildman–Crippen LogP) is 8.30. The Balaban J connectivity index is 1.67. The van der Waals surface area contributed by atoms with Crippen LogP contribution < -0.4 is 9.47 Å². The molecular weight excluding hydrogens is 585 g/mol. The molecule has 0 spiro atoms. The van der Waals surface area contributed by atoms with Crippen LogP contribution in [0.3, 0.4) is 0 Å². The molecule has 0 N–H and O–H groups in total. The Morgan fingerprint density at radius 1 is 0.860 bits per heavy atom. The highest BCUT2D eigenvalue weighted by atomic mass is 35.5. The van der Waals surface area contributed by atoms with Gasteiger partial charge in [0.15, 0.2) is 23.1 Å². The highest BCUT2D eigenvalue weighted by Crippen LogP contribution is 2.55. The Hall–Kier alpha value is -2.80. The summed E-state index contributed by atoms with van der Waals surface area (Å²) in [5.41, 5.74) is 4.51. The number of hydrogen-bond acceptors (Lipinski definition) is 6. The molecule has 2 aromatic rings. The lowest BCUT2D eigenvalue weighted by Crippen LogP contribution is -2.45. The van der Waals surface area contributed by atoms with E-state index in [-0.39, 0.29) is 29.0 Å². The van der Waals surface area contributed by atoms with Crippen LogP contribution in [0.2, 0.25) is 10.0 Å². The lowest BCUT2D eigenvalue weighted by molar-refractivity contribution is -0.119. The average Bonchev–Trinajstić information content (AvgIpc) is 2.90. The van der Waals surface area contributed by atoms with Gasteiger partial charge in [-0.3, -0.25) is 9.59 Å². The maximum Gasteiger partial charge on any atom is 0.180 e. The maximum absolute atomic E-state index is 14.1. The van der Waals surface area contributed by atoms with Crippen LogP contribution in [0.15, 0.2) is 58.9 Å². The number of carbonyl (C=O) groups excluding carboxylic acids is 2. The van der Waals surface area contributed by atoms with E-state index in [2.05, 4.69) is 32.6 Å². The molecule has 0 atom stereocenters. The van der Waals surface area contributed by atoms with Crippen LogP contribution in [-0.2, 0) is 20.9 Å². The standard InChI is InChI=1S/C35H41Cl2NO5/c1-7-42-29-15-22(14-24(37)33(29)43-20-21-10-8-9-11-23(21)36)30-31-25(16-34(2,3)18-27(31)39)38(12-13-41-6)26-17-35(4,5)19-28(40)32(26)30/h8-11,14-15,30H,7,12-13,16-20H2,1-6H3. The van der Waals surface area contributed by atoms with Gasteiger partial charge in [-0.25, -0.2) is 0 Å². The molecular formula is C35H41Cl2NO5. The SMILES string of the molecule is CCOc1cc(C2C3=C(CC(C)(C)CC3=O)N(CCOC)C3=C2C(=O)CC(C)(C)C3)cc(Cl)c1OCc1ccccc1Cl. The predicted molar refractivity (Wildman–Crippen MR) is 170 cm³/mol. The van der Waals surface area contributed by atoms with E-state index in [1.54, 1.807) is 7.11 Å². The molecule has 0 fully saturated rings. The summed E-state index contributed by atoms with van der Waals surface area (Å²) >= 11 is 13.3. The van der Waals surface area contributed by atoms with Crippen molar-refractivity contribution in [2.75, 3.05) is 26.9 Å². The normalized spacial score (nSPS) is 19.9. The largest absolute Gasteiger partial charge is 0.490 e. The summed E-state index contributed by atoms with van der Waals surface area (Å²) in [6.07, 6.45) is 2.27. The molecule has 43 heavy (non-hydrogen) atoms. The van der Waals surface area contributed by atoms with E-state index < -0.39 is 5.92 Å². The number of Topliss-reactive ketones (excluding diaryl/α,β-unsaturated/α-hetero) is 2. The van der Waals surface area contributed by atoms with Crippen molar-refractivity contribution < 1.29 is 23.8 Å². The molecule has 0 aromatic heterocycles. The molecule has 0 saturated heterocycles. The van der Waals surface area contributed by atoms with E-state index in [0.29, 0.717) is 65.3 Å². The van der Waals surface area contributed by atoms with Crippen LogP contribution in [0.25, 0.3) is 0 Å². The van der Waals surface area contributed by atoms with Crippen molar-refractivity contribution in [3.8, 4) is 11.5 Å². The molecule has 0 amide bonds. The Morgan fingerprint density at radius 2 is 1.47 bits per heavy atom. The van der Waals surface area contributed by atoms with E-state index in [9.17, 15) is 9.59 Å². The number of ketones is 2. The van der Waals surface area contributed by atoms with Crippen molar-refractivity contribution in [2.24, 2.45) is 10.8 Å². The Morgan fingerprint density at radius 3 is 2.02 bits per heavy atom. The number of carbonyl (C=O) groups is 2. The van der Waals surface area contributed by atoms with Crippen LogP contribution in [0.1, 0.15) is 77.3 Å². The van der Waals surface area contributed by atoms with Gasteiger partial charge in [0.1, 0.15) is 6.61 Å². The number of nitrogens with zero attached hydrogens (tertiary/aromatic N) is 1. The van der Waals surface area contributed by atoms with Crippen molar-refractivity contribution in [3.05, 3.63) is 80.1 Å². The van der Waals surface area contributed by atoms with Crippen molar-refractivity contribution in [1.29, 1.82) is 0 Å². The summed E-state index contributed by atoms with van der Waals surface area (Å²) in [4.78, 5) is 30.3. The molecule has 0 radical (unpaired) electrons. The second-order valence-corrected chi connectivity index (χ2v) is 14.1. The zero-order valence-electron chi connectivity index (χ0n) is 25.9. The fourth-order valence-corrected chi connectivity index (χ4v) is 7.22. The number of allylic oxidation sites excluding steroid dienone is 4. The van der Waals surface area contributed by atoms with Crippen LogP contribution in [0.4, 0.5) is 0 Å². The minimum atomic E-state index is -0.537. The fraction of sp³-hybridized carbons (Fsp3) is 0.486. The van der Waals surface area contributed by atoms with Gasteiger partial charge in [0.25, 0.3) is 0 Å². The highest BCUT2D eigenvalue weighted by molar-refractivity contribution is 6.32. The highest BCUT2D eigenvalue weighted by Gasteiger charge is 2.49. The number of rotatable bonds is 9. The summed E-state index contributed by atoms with van der Waals surface area (Å²) in [6.45, 7) is 12.1. The van der Waals surface area contributed by atoms with Gasteiger partial charge in [0, 0.05) is 65.5 Å². The zero-order valence-corrected chi connectivity index (χ0v) is 27.5. The number of halogens is 2. The average molecular weight is 627 g/mol. The summed E-state index contributed by atoms with van der Waals surface area (Å²) in [6, 6.07) is 11.2. The van der Waals surface area contributed by atoms with Gasteiger partial charge in [0.2, 0.25) is 0 Å². The third-order valence-corrected chi connectivity index (χ3v) is 9.19. The van der Waals surface area contributed by atoms with E-state index in [0.717, 1.165) is 35.4 Å². The molecule has 230 valence electrons. The van der Waals surface area contributed by atoms with Crippen LogP contribution in [-0.4, -0.2) is 43.3 Å². The lowest BCUT2D eigenvalue weighted by atomic mass is 9.63. The van der Waals surface area contributed by atoms with Crippen molar-refractivity contribution in [2.45, 2.75) is 72.8 Å². The van der Waals surface area contributed by atoms with Gasteiger partial charge < -0.3 is 19.1 Å². The van der Waals surface area contributed by atoms with Gasteiger partial charge in [-0.15, -0.1) is 0 Å². The molecule has 2 aromatic carbocycles. The molecule has 8 heteroatoms. The van der Waals surface area contributed by atoms with Crippen molar-refractivity contribution in [3.63, 3.8) is 0 Å². The first-order valence-corrected chi connectivity index (χ1v) is 15.7. The molecule has 2 aliphatic carbocycles. The van der Waals surface area contributed by atoms with E-state index in [1.807, 2.05) is 43.3 Å². The first kappa shape index (κ1) is 31.6. The second kappa shape index (κ2) is 12.3. The number of hydrogen-bond donors (Lipinski definition) is 0. The Bertz CT molecular complexity index is 1450. The molecule has 1 aliphatic heterocycles. The first-order chi connectivity index (χ1) is 20.4. The van der Waals surface area contributed by atoms with E-state index in [4.69, 9.17) is 37.4 Å². The number of methoxy groups -OCH3 is 1. The van der Waals surface area contributed by atoms with Crippen LogP contribution >= 0.6 is 23.2 Å². The molecule has 3 aliphatic rings. The zero-order chi connectivity index (χ0) is 31.1. The monoisotopic (exact) mass is 625 g/mol. The van der Waals surface area contributed by atoms with Gasteiger partial charge >= 0.3 is 0 Å². The number of benzene rings is 2.